The number of carbonyl (C=O) groups is 2. The minimum absolute atomic E-state index is 0.00500. The summed E-state index contributed by atoms with van der Waals surface area (Å²) >= 11 is 0. The minimum Gasteiger partial charge on any atom is -0.465 e. The van der Waals surface area contributed by atoms with Crippen molar-refractivity contribution in [3.8, 4) is 0 Å². The van der Waals surface area contributed by atoms with Gasteiger partial charge in [-0.15, -0.1) is 0 Å². The Morgan fingerprint density at radius 1 is 1.22 bits per heavy atom. The molecule has 0 unspecified atom stereocenters. The fourth-order valence-electron chi connectivity index (χ4n) is 1.43. The van der Waals surface area contributed by atoms with Crippen LogP contribution in [0.2, 0.25) is 0 Å². The predicted molar refractivity (Wildman–Crippen MR) is 70.1 cm³/mol. The van der Waals surface area contributed by atoms with Gasteiger partial charge < -0.3 is 15.4 Å². The van der Waals surface area contributed by atoms with E-state index in [-0.39, 0.29) is 25.0 Å². The average Bonchev–Trinajstić information content (AvgIpc) is 2.35. The predicted octanol–water partition coefficient (Wildman–Crippen LogP) is -0.321. The first-order chi connectivity index (χ1) is 8.54. The van der Waals surface area contributed by atoms with Crippen LogP contribution in [0.5, 0.6) is 0 Å². The fourth-order valence-corrected chi connectivity index (χ4v) is 1.43. The second-order valence-electron chi connectivity index (χ2n) is 4.07. The Bertz CT molecular complexity index is 259. The molecule has 0 aromatic carbocycles. The monoisotopic (exact) mass is 259 g/mol. The number of amides is 1. The van der Waals surface area contributed by atoms with Gasteiger partial charge in [0, 0.05) is 13.6 Å². The van der Waals surface area contributed by atoms with E-state index in [9.17, 15) is 9.59 Å². The normalized spacial score (nSPS) is 10.5. The van der Waals surface area contributed by atoms with E-state index >= 15 is 0 Å². The SMILES string of the molecule is CCOC(=O)CN(CC)CC(=O)N(C)CCCN. The average molecular weight is 259 g/mol. The van der Waals surface area contributed by atoms with Crippen molar-refractivity contribution in [2.45, 2.75) is 20.3 Å². The van der Waals surface area contributed by atoms with Crippen LogP contribution in [0, 0.1) is 0 Å². The molecule has 0 radical (unpaired) electrons. The number of hydrogen-bond acceptors (Lipinski definition) is 5. The van der Waals surface area contributed by atoms with Gasteiger partial charge in [0.1, 0.15) is 0 Å². The first-order valence-corrected chi connectivity index (χ1v) is 6.37. The Morgan fingerprint density at radius 2 is 1.89 bits per heavy atom. The largest absolute Gasteiger partial charge is 0.465 e. The number of ether oxygens (including phenoxy) is 1. The molecule has 106 valence electrons. The number of carbonyl (C=O) groups excluding carboxylic acids is 2. The number of likely N-dealkylation sites (N-methyl/N-ethyl adjacent to an activating group) is 2. The Hall–Kier alpha value is -1.14. The van der Waals surface area contributed by atoms with Gasteiger partial charge in [0.2, 0.25) is 5.91 Å². The van der Waals surface area contributed by atoms with Crippen LogP contribution < -0.4 is 5.73 Å². The number of nitrogens with two attached hydrogens (primary N) is 1. The summed E-state index contributed by atoms with van der Waals surface area (Å²) < 4.78 is 4.86. The fraction of sp³-hybridized carbons (Fsp3) is 0.833. The summed E-state index contributed by atoms with van der Waals surface area (Å²) in [4.78, 5) is 26.6. The maximum atomic E-state index is 11.8. The van der Waals surface area contributed by atoms with E-state index < -0.39 is 0 Å². The van der Waals surface area contributed by atoms with E-state index in [0.717, 1.165) is 6.42 Å². The minimum atomic E-state index is -0.295. The summed E-state index contributed by atoms with van der Waals surface area (Å²) in [5.41, 5.74) is 5.39. The molecule has 0 fully saturated rings. The molecule has 1 amide bonds. The quantitative estimate of drug-likeness (QED) is 0.574. The van der Waals surface area contributed by atoms with Crippen LogP contribution in [0.1, 0.15) is 20.3 Å². The number of rotatable bonds is 9. The topological polar surface area (TPSA) is 75.9 Å². The summed E-state index contributed by atoms with van der Waals surface area (Å²) in [5, 5.41) is 0. The van der Waals surface area contributed by atoms with E-state index in [1.54, 1.807) is 23.8 Å². The lowest BCUT2D eigenvalue weighted by atomic mass is 10.3. The van der Waals surface area contributed by atoms with Gasteiger partial charge >= 0.3 is 5.97 Å². The molecule has 6 heteroatoms. The van der Waals surface area contributed by atoms with Crippen molar-refractivity contribution >= 4 is 11.9 Å². The molecule has 0 aromatic heterocycles. The number of hydrogen-bond donors (Lipinski definition) is 1. The molecule has 0 heterocycles. The molecule has 0 saturated heterocycles. The van der Waals surface area contributed by atoms with Crippen LogP contribution in [-0.4, -0.2) is 68.1 Å². The molecular formula is C12H25N3O3. The van der Waals surface area contributed by atoms with Crippen LogP contribution in [0.4, 0.5) is 0 Å². The summed E-state index contributed by atoms with van der Waals surface area (Å²) in [6, 6.07) is 0. The molecular weight excluding hydrogens is 234 g/mol. The Morgan fingerprint density at radius 3 is 2.39 bits per heavy atom. The zero-order valence-electron chi connectivity index (χ0n) is 11.6. The van der Waals surface area contributed by atoms with Gasteiger partial charge in [0.15, 0.2) is 0 Å². The lowest BCUT2D eigenvalue weighted by molar-refractivity contribution is -0.145. The molecule has 0 spiro atoms. The molecule has 2 N–H and O–H groups in total. The molecule has 0 bridgehead atoms. The van der Waals surface area contributed by atoms with Crippen LogP contribution in [0.15, 0.2) is 0 Å². The third-order valence-corrected chi connectivity index (χ3v) is 2.59. The van der Waals surface area contributed by atoms with Crippen LogP contribution in [-0.2, 0) is 14.3 Å². The Kier molecular flexibility index (Phi) is 9.22. The first-order valence-electron chi connectivity index (χ1n) is 6.37. The number of nitrogens with zero attached hydrogens (tertiary/aromatic N) is 2. The molecule has 0 rings (SSSR count). The highest BCUT2D eigenvalue weighted by molar-refractivity contribution is 5.79. The van der Waals surface area contributed by atoms with Crippen molar-refractivity contribution < 1.29 is 14.3 Å². The highest BCUT2D eigenvalue weighted by Crippen LogP contribution is 1.95. The lowest BCUT2D eigenvalue weighted by Gasteiger charge is -2.23. The van der Waals surface area contributed by atoms with Gasteiger partial charge in [0.05, 0.1) is 19.7 Å². The summed E-state index contributed by atoms with van der Waals surface area (Å²) in [7, 11) is 1.75. The summed E-state index contributed by atoms with van der Waals surface area (Å²) in [6.07, 6.45) is 0.784. The van der Waals surface area contributed by atoms with E-state index in [0.29, 0.717) is 26.2 Å². The van der Waals surface area contributed by atoms with Gasteiger partial charge in [-0.05, 0) is 26.4 Å². The van der Waals surface area contributed by atoms with Crippen LogP contribution in [0.25, 0.3) is 0 Å². The molecule has 0 aliphatic rings. The Labute approximate surface area is 109 Å². The lowest BCUT2D eigenvalue weighted by Crippen LogP contribution is -2.41. The third kappa shape index (κ3) is 7.24. The van der Waals surface area contributed by atoms with E-state index in [4.69, 9.17) is 10.5 Å². The smallest absolute Gasteiger partial charge is 0.320 e. The second-order valence-corrected chi connectivity index (χ2v) is 4.07. The van der Waals surface area contributed by atoms with Gasteiger partial charge in [-0.25, -0.2) is 0 Å². The molecule has 0 atom stereocenters. The summed E-state index contributed by atoms with van der Waals surface area (Å²) in [5.74, 6) is -0.300. The van der Waals surface area contributed by atoms with Crippen molar-refractivity contribution in [2.75, 3.05) is 46.4 Å². The molecule has 6 nitrogen and oxygen atoms in total. The highest BCUT2D eigenvalue weighted by atomic mass is 16.5. The Balaban J connectivity index is 4.10. The van der Waals surface area contributed by atoms with Crippen LogP contribution >= 0.6 is 0 Å². The van der Waals surface area contributed by atoms with E-state index in [1.165, 1.54) is 0 Å². The van der Waals surface area contributed by atoms with Gasteiger partial charge in [0.25, 0.3) is 0 Å². The van der Waals surface area contributed by atoms with E-state index in [1.807, 2.05) is 6.92 Å². The van der Waals surface area contributed by atoms with Crippen LogP contribution in [0.3, 0.4) is 0 Å². The molecule has 0 aliphatic heterocycles. The molecule has 18 heavy (non-hydrogen) atoms. The zero-order valence-corrected chi connectivity index (χ0v) is 11.6. The molecule has 0 saturated carbocycles. The number of esters is 1. The van der Waals surface area contributed by atoms with Gasteiger partial charge in [-0.3, -0.25) is 14.5 Å². The standard InChI is InChI=1S/C12H25N3O3/c1-4-15(10-12(17)18-5-2)9-11(16)14(3)8-6-7-13/h4-10,13H2,1-3H3. The zero-order chi connectivity index (χ0) is 14.0. The van der Waals surface area contributed by atoms with Gasteiger partial charge in [-0.2, -0.15) is 0 Å². The van der Waals surface area contributed by atoms with Crippen molar-refractivity contribution in [1.82, 2.24) is 9.80 Å². The van der Waals surface area contributed by atoms with E-state index in [2.05, 4.69) is 0 Å². The third-order valence-electron chi connectivity index (χ3n) is 2.59. The van der Waals surface area contributed by atoms with Gasteiger partial charge in [-0.1, -0.05) is 6.92 Å². The molecule has 0 aliphatic carbocycles. The molecule has 0 aromatic rings. The summed E-state index contributed by atoms with van der Waals surface area (Å²) in [6.45, 7) is 6.27. The maximum absolute atomic E-state index is 11.8. The van der Waals surface area contributed by atoms with Crippen molar-refractivity contribution in [2.24, 2.45) is 5.73 Å². The first kappa shape index (κ1) is 16.9. The van der Waals surface area contributed by atoms with Crippen molar-refractivity contribution in [3.63, 3.8) is 0 Å². The van der Waals surface area contributed by atoms with Crippen molar-refractivity contribution in [1.29, 1.82) is 0 Å². The second kappa shape index (κ2) is 9.85. The van der Waals surface area contributed by atoms with Crippen molar-refractivity contribution in [3.05, 3.63) is 0 Å². The highest BCUT2D eigenvalue weighted by Gasteiger charge is 2.16. The maximum Gasteiger partial charge on any atom is 0.320 e.